The number of aliphatic hydroxyl groups is 2. The summed E-state index contributed by atoms with van der Waals surface area (Å²) in [5.41, 5.74) is 5.31. The van der Waals surface area contributed by atoms with E-state index in [1.54, 1.807) is 0 Å². The zero-order valence-electron chi connectivity index (χ0n) is 6.29. The summed E-state index contributed by atoms with van der Waals surface area (Å²) >= 11 is 0. The summed E-state index contributed by atoms with van der Waals surface area (Å²) in [6, 6.07) is -0.674. The second-order valence-electron chi connectivity index (χ2n) is 2.13. The monoisotopic (exact) mass is 162 g/mol. The highest BCUT2D eigenvalue weighted by molar-refractivity contribution is 5.81. The maximum absolute atomic E-state index is 10.8. The fourth-order valence-electron chi connectivity index (χ4n) is 0.580. The van der Waals surface area contributed by atoms with Crippen molar-refractivity contribution in [3.63, 3.8) is 0 Å². The van der Waals surface area contributed by atoms with Gasteiger partial charge >= 0.3 is 0 Å². The van der Waals surface area contributed by atoms with E-state index in [9.17, 15) is 4.79 Å². The third-order valence-corrected chi connectivity index (χ3v) is 1.19. The maximum Gasteiger partial charge on any atom is 0.237 e. The van der Waals surface area contributed by atoms with Crippen LogP contribution in [0.2, 0.25) is 0 Å². The molecule has 0 unspecified atom stereocenters. The first-order valence-electron chi connectivity index (χ1n) is 3.47. The molecule has 0 aromatic heterocycles. The molecule has 0 rings (SSSR count). The molecule has 1 atom stereocenters. The van der Waals surface area contributed by atoms with Crippen molar-refractivity contribution in [1.29, 1.82) is 0 Å². The highest BCUT2D eigenvalue weighted by Crippen LogP contribution is 1.85. The molecule has 0 saturated carbocycles. The molecular formula is C6H14N2O3. The second kappa shape index (κ2) is 6.09. The molecule has 0 aliphatic rings. The fraction of sp³-hybridized carbons (Fsp3) is 0.833. The van der Waals surface area contributed by atoms with Gasteiger partial charge in [-0.05, 0) is 6.42 Å². The number of hydrogen-bond acceptors (Lipinski definition) is 4. The van der Waals surface area contributed by atoms with Gasteiger partial charge in [0.1, 0.15) is 0 Å². The highest BCUT2D eigenvalue weighted by atomic mass is 16.3. The topological polar surface area (TPSA) is 95.6 Å². The molecule has 0 saturated heterocycles. The van der Waals surface area contributed by atoms with E-state index >= 15 is 0 Å². The van der Waals surface area contributed by atoms with Crippen molar-refractivity contribution in [3.05, 3.63) is 0 Å². The van der Waals surface area contributed by atoms with Gasteiger partial charge in [-0.3, -0.25) is 4.79 Å². The van der Waals surface area contributed by atoms with E-state index in [2.05, 4.69) is 5.32 Å². The van der Waals surface area contributed by atoms with E-state index in [1.807, 2.05) is 0 Å². The molecule has 0 bridgehead atoms. The Bertz CT molecular complexity index is 118. The number of nitrogens with one attached hydrogen (secondary N) is 1. The smallest absolute Gasteiger partial charge is 0.237 e. The largest absolute Gasteiger partial charge is 0.396 e. The Hall–Kier alpha value is -0.650. The van der Waals surface area contributed by atoms with Gasteiger partial charge < -0.3 is 21.3 Å². The van der Waals surface area contributed by atoms with Crippen LogP contribution in [0, 0.1) is 0 Å². The van der Waals surface area contributed by atoms with Crippen LogP contribution in [0.4, 0.5) is 0 Å². The molecule has 0 aliphatic heterocycles. The third-order valence-electron chi connectivity index (χ3n) is 1.19. The molecule has 0 heterocycles. The van der Waals surface area contributed by atoms with Crippen LogP contribution in [0.5, 0.6) is 0 Å². The first kappa shape index (κ1) is 10.3. The Morgan fingerprint density at radius 1 is 1.45 bits per heavy atom. The Labute approximate surface area is 65.2 Å². The van der Waals surface area contributed by atoms with Gasteiger partial charge in [-0.1, -0.05) is 0 Å². The lowest BCUT2D eigenvalue weighted by atomic mass is 10.2. The Morgan fingerprint density at radius 3 is 2.55 bits per heavy atom. The van der Waals surface area contributed by atoms with Crippen LogP contribution in [0.1, 0.15) is 6.42 Å². The molecule has 0 aromatic carbocycles. The Morgan fingerprint density at radius 2 is 2.09 bits per heavy atom. The summed E-state index contributed by atoms with van der Waals surface area (Å²) in [7, 11) is 0. The van der Waals surface area contributed by atoms with Gasteiger partial charge in [-0.2, -0.15) is 0 Å². The molecule has 11 heavy (non-hydrogen) atoms. The van der Waals surface area contributed by atoms with E-state index in [4.69, 9.17) is 15.9 Å². The first-order valence-corrected chi connectivity index (χ1v) is 3.47. The van der Waals surface area contributed by atoms with Crippen LogP contribution in [0.25, 0.3) is 0 Å². The standard InChI is InChI=1S/C6H14N2O3/c7-5(1-3-9)6(11)8-2-4-10/h5,9-10H,1-4,7H2,(H,8,11)/t5-/m1/s1. The van der Waals surface area contributed by atoms with Gasteiger partial charge in [0.05, 0.1) is 12.6 Å². The zero-order chi connectivity index (χ0) is 8.69. The third kappa shape index (κ3) is 4.72. The average Bonchev–Trinajstić information content (AvgIpc) is 2.00. The Balaban J connectivity index is 3.47. The van der Waals surface area contributed by atoms with Crippen molar-refractivity contribution in [2.75, 3.05) is 19.8 Å². The van der Waals surface area contributed by atoms with Crippen molar-refractivity contribution in [2.45, 2.75) is 12.5 Å². The van der Waals surface area contributed by atoms with Crippen LogP contribution in [-0.4, -0.2) is 41.9 Å². The summed E-state index contributed by atoms with van der Waals surface area (Å²) in [4.78, 5) is 10.8. The van der Waals surface area contributed by atoms with Crippen molar-refractivity contribution in [2.24, 2.45) is 5.73 Å². The van der Waals surface area contributed by atoms with Gasteiger partial charge in [-0.15, -0.1) is 0 Å². The molecule has 5 heteroatoms. The number of carbonyl (C=O) groups is 1. The number of amides is 1. The predicted molar refractivity (Wildman–Crippen MR) is 39.8 cm³/mol. The van der Waals surface area contributed by atoms with E-state index in [0.717, 1.165) is 0 Å². The lowest BCUT2D eigenvalue weighted by Gasteiger charge is -2.08. The second-order valence-corrected chi connectivity index (χ2v) is 2.13. The maximum atomic E-state index is 10.8. The van der Waals surface area contributed by atoms with Crippen molar-refractivity contribution >= 4 is 5.91 Å². The van der Waals surface area contributed by atoms with E-state index in [0.29, 0.717) is 0 Å². The quantitative estimate of drug-likeness (QED) is 0.369. The van der Waals surface area contributed by atoms with Crippen LogP contribution in [0.15, 0.2) is 0 Å². The molecule has 0 fully saturated rings. The van der Waals surface area contributed by atoms with Crippen molar-refractivity contribution < 1.29 is 15.0 Å². The highest BCUT2D eigenvalue weighted by Gasteiger charge is 2.10. The van der Waals surface area contributed by atoms with E-state index < -0.39 is 6.04 Å². The molecule has 1 amide bonds. The van der Waals surface area contributed by atoms with Gasteiger partial charge in [-0.25, -0.2) is 0 Å². The molecular weight excluding hydrogens is 148 g/mol. The summed E-state index contributed by atoms with van der Waals surface area (Å²) in [6.45, 7) is 0.00323. The molecule has 5 N–H and O–H groups in total. The summed E-state index contributed by atoms with van der Waals surface area (Å²) in [5, 5.41) is 19.1. The minimum Gasteiger partial charge on any atom is -0.396 e. The average molecular weight is 162 g/mol. The molecule has 0 aliphatic carbocycles. The lowest BCUT2D eigenvalue weighted by Crippen LogP contribution is -2.42. The number of rotatable bonds is 5. The van der Waals surface area contributed by atoms with Gasteiger partial charge in [0.15, 0.2) is 0 Å². The van der Waals surface area contributed by atoms with Crippen molar-refractivity contribution in [1.82, 2.24) is 5.32 Å². The number of aliphatic hydroxyl groups excluding tert-OH is 2. The molecule has 0 aromatic rings. The SMILES string of the molecule is N[C@H](CCO)C(=O)NCCO. The van der Waals surface area contributed by atoms with E-state index in [1.165, 1.54) is 0 Å². The van der Waals surface area contributed by atoms with E-state index in [-0.39, 0.29) is 32.1 Å². The zero-order valence-corrected chi connectivity index (χ0v) is 6.29. The van der Waals surface area contributed by atoms with Crippen LogP contribution >= 0.6 is 0 Å². The molecule has 5 nitrogen and oxygen atoms in total. The summed E-state index contributed by atoms with van der Waals surface area (Å²) < 4.78 is 0. The Kier molecular flexibility index (Phi) is 5.73. The van der Waals surface area contributed by atoms with Gasteiger partial charge in [0.2, 0.25) is 5.91 Å². The fourth-order valence-corrected chi connectivity index (χ4v) is 0.580. The summed E-state index contributed by atoms with van der Waals surface area (Å²) in [5.74, 6) is -0.340. The predicted octanol–water partition coefficient (Wildman–Crippen LogP) is -2.20. The van der Waals surface area contributed by atoms with Crippen LogP contribution < -0.4 is 11.1 Å². The van der Waals surface area contributed by atoms with Crippen molar-refractivity contribution in [3.8, 4) is 0 Å². The first-order chi connectivity index (χ1) is 5.22. The normalized spacial score (nSPS) is 12.6. The minimum absolute atomic E-state index is 0.0996. The van der Waals surface area contributed by atoms with Crippen LogP contribution in [-0.2, 0) is 4.79 Å². The minimum atomic E-state index is -0.674. The van der Waals surface area contributed by atoms with Crippen LogP contribution in [0.3, 0.4) is 0 Å². The van der Waals surface area contributed by atoms with Gasteiger partial charge in [0, 0.05) is 13.2 Å². The number of carbonyl (C=O) groups excluding carboxylic acids is 1. The molecule has 66 valence electrons. The summed E-state index contributed by atoms with van der Waals surface area (Å²) in [6.07, 6.45) is 0.247. The molecule has 0 radical (unpaired) electrons. The number of nitrogens with two attached hydrogens (primary N) is 1. The number of hydrogen-bond donors (Lipinski definition) is 4. The van der Waals surface area contributed by atoms with Gasteiger partial charge in [0.25, 0.3) is 0 Å². The lowest BCUT2D eigenvalue weighted by molar-refractivity contribution is -0.122. The molecule has 0 spiro atoms.